The van der Waals surface area contributed by atoms with Gasteiger partial charge in [-0.1, -0.05) is 24.3 Å². The van der Waals surface area contributed by atoms with Gasteiger partial charge in [0, 0.05) is 11.6 Å². The third-order valence-electron chi connectivity index (χ3n) is 3.85. The fraction of sp³-hybridized carbons (Fsp3) is 0.105. The number of hydrogen-bond acceptors (Lipinski definition) is 5. The molecule has 1 fully saturated rings. The van der Waals surface area contributed by atoms with Gasteiger partial charge in [0.25, 0.3) is 11.8 Å². The Morgan fingerprint density at radius 1 is 0.962 bits per heavy atom. The number of carbonyl (C=O) groups is 3. The van der Waals surface area contributed by atoms with Crippen LogP contribution in [0.15, 0.2) is 54.1 Å². The maximum absolute atomic E-state index is 12.8. The number of imide groups is 2. The van der Waals surface area contributed by atoms with Crippen molar-refractivity contribution in [1.82, 2.24) is 5.32 Å². The molecule has 26 heavy (non-hydrogen) atoms. The van der Waals surface area contributed by atoms with Gasteiger partial charge in [-0.3, -0.25) is 14.9 Å². The normalized spacial score (nSPS) is 15.8. The average molecular weight is 352 g/mol. The average Bonchev–Trinajstić information content (AvgIpc) is 2.65. The van der Waals surface area contributed by atoms with E-state index in [2.05, 4.69) is 5.32 Å². The number of nitrogens with one attached hydrogen (secondary N) is 1. The maximum Gasteiger partial charge on any atom is 0.335 e. The summed E-state index contributed by atoms with van der Waals surface area (Å²) in [7, 11) is 2.97. The quantitative estimate of drug-likeness (QED) is 0.674. The van der Waals surface area contributed by atoms with Crippen LogP contribution in [0.3, 0.4) is 0 Å². The number of benzene rings is 2. The fourth-order valence-electron chi connectivity index (χ4n) is 2.58. The van der Waals surface area contributed by atoms with Crippen LogP contribution in [0.4, 0.5) is 10.5 Å². The van der Waals surface area contributed by atoms with E-state index in [-0.39, 0.29) is 5.57 Å². The van der Waals surface area contributed by atoms with Gasteiger partial charge in [-0.15, -0.1) is 0 Å². The molecule has 7 heteroatoms. The molecule has 0 radical (unpaired) electrons. The van der Waals surface area contributed by atoms with Gasteiger partial charge in [-0.2, -0.15) is 0 Å². The molecular weight excluding hydrogens is 336 g/mol. The first-order chi connectivity index (χ1) is 12.5. The summed E-state index contributed by atoms with van der Waals surface area (Å²) in [6.45, 7) is 0. The molecule has 1 aliphatic rings. The van der Waals surface area contributed by atoms with Gasteiger partial charge in [0.2, 0.25) is 0 Å². The van der Waals surface area contributed by atoms with Gasteiger partial charge in [0.1, 0.15) is 17.1 Å². The highest BCUT2D eigenvalue weighted by molar-refractivity contribution is 6.39. The number of rotatable bonds is 4. The molecule has 4 amide bonds. The molecule has 2 aromatic rings. The minimum absolute atomic E-state index is 0.170. The third kappa shape index (κ3) is 3.14. The molecule has 1 heterocycles. The lowest BCUT2D eigenvalue weighted by Gasteiger charge is -2.26. The Bertz CT molecular complexity index is 920. The van der Waals surface area contributed by atoms with Crippen LogP contribution in [0.5, 0.6) is 11.5 Å². The van der Waals surface area contributed by atoms with Crippen LogP contribution in [0.2, 0.25) is 0 Å². The third-order valence-corrected chi connectivity index (χ3v) is 3.85. The molecular formula is C19H16N2O5. The van der Waals surface area contributed by atoms with E-state index < -0.39 is 17.8 Å². The van der Waals surface area contributed by atoms with Crippen molar-refractivity contribution < 1.29 is 23.9 Å². The first-order valence-electron chi connectivity index (χ1n) is 7.73. The minimum Gasteiger partial charge on any atom is -0.497 e. The summed E-state index contributed by atoms with van der Waals surface area (Å²) in [5.74, 6) is -0.497. The van der Waals surface area contributed by atoms with Gasteiger partial charge in [-0.25, -0.2) is 9.69 Å². The zero-order valence-corrected chi connectivity index (χ0v) is 14.2. The first-order valence-corrected chi connectivity index (χ1v) is 7.73. The number of ether oxygens (including phenoxy) is 2. The summed E-state index contributed by atoms with van der Waals surface area (Å²) < 4.78 is 10.4. The molecule has 0 bridgehead atoms. The lowest BCUT2D eigenvalue weighted by Crippen LogP contribution is -2.54. The molecule has 7 nitrogen and oxygen atoms in total. The maximum atomic E-state index is 12.8. The van der Waals surface area contributed by atoms with Gasteiger partial charge in [0.05, 0.1) is 19.9 Å². The highest BCUT2D eigenvalue weighted by Crippen LogP contribution is 2.27. The summed E-state index contributed by atoms with van der Waals surface area (Å²) in [6, 6.07) is 12.6. The Kier molecular flexibility index (Phi) is 4.70. The molecule has 0 atom stereocenters. The Hall–Kier alpha value is -3.61. The largest absolute Gasteiger partial charge is 0.497 e. The second-order valence-corrected chi connectivity index (χ2v) is 5.40. The molecule has 132 valence electrons. The van der Waals surface area contributed by atoms with Crippen molar-refractivity contribution in [2.24, 2.45) is 0 Å². The number of para-hydroxylation sites is 1. The summed E-state index contributed by atoms with van der Waals surface area (Å²) in [6.07, 6.45) is 1.40. The highest BCUT2D eigenvalue weighted by Gasteiger charge is 2.37. The predicted molar refractivity (Wildman–Crippen MR) is 95.0 cm³/mol. The van der Waals surface area contributed by atoms with Crippen LogP contribution < -0.4 is 19.7 Å². The molecule has 1 N–H and O–H groups in total. The van der Waals surface area contributed by atoms with Gasteiger partial charge >= 0.3 is 6.03 Å². The molecule has 3 rings (SSSR count). The Balaban J connectivity index is 2.04. The van der Waals surface area contributed by atoms with Crippen molar-refractivity contribution in [2.45, 2.75) is 0 Å². The van der Waals surface area contributed by atoms with E-state index in [1.165, 1.54) is 26.4 Å². The van der Waals surface area contributed by atoms with Crippen LogP contribution in [0.25, 0.3) is 6.08 Å². The van der Waals surface area contributed by atoms with Gasteiger partial charge in [-0.05, 0) is 24.3 Å². The SMILES string of the molecule is COc1cccc(N2C(=O)NC(=O)/C(=C\c3ccccc3OC)C2=O)c1. The van der Waals surface area contributed by atoms with E-state index in [1.54, 1.807) is 42.5 Å². The lowest BCUT2D eigenvalue weighted by atomic mass is 10.1. The number of amides is 4. The smallest absolute Gasteiger partial charge is 0.335 e. The van der Waals surface area contributed by atoms with Crippen LogP contribution in [0, 0.1) is 0 Å². The summed E-state index contributed by atoms with van der Waals surface area (Å²) in [5.41, 5.74) is 0.677. The summed E-state index contributed by atoms with van der Waals surface area (Å²) in [4.78, 5) is 38.2. The highest BCUT2D eigenvalue weighted by atomic mass is 16.5. The number of hydrogen-bond donors (Lipinski definition) is 1. The Morgan fingerprint density at radius 3 is 2.46 bits per heavy atom. The first kappa shape index (κ1) is 17.2. The van der Waals surface area contributed by atoms with Crippen molar-refractivity contribution in [3.05, 3.63) is 59.7 Å². The van der Waals surface area contributed by atoms with Crippen molar-refractivity contribution in [3.63, 3.8) is 0 Å². The Morgan fingerprint density at radius 2 is 1.73 bits per heavy atom. The van der Waals surface area contributed by atoms with Crippen LogP contribution in [-0.2, 0) is 9.59 Å². The van der Waals surface area contributed by atoms with E-state index in [0.29, 0.717) is 22.7 Å². The minimum atomic E-state index is -0.814. The van der Waals surface area contributed by atoms with Crippen LogP contribution in [0.1, 0.15) is 5.56 Å². The Labute approximate surface area is 149 Å². The van der Waals surface area contributed by atoms with Crippen molar-refractivity contribution in [1.29, 1.82) is 0 Å². The van der Waals surface area contributed by atoms with Crippen molar-refractivity contribution in [3.8, 4) is 11.5 Å². The fourth-order valence-corrected chi connectivity index (χ4v) is 2.58. The summed E-state index contributed by atoms with van der Waals surface area (Å²) >= 11 is 0. The molecule has 2 aromatic carbocycles. The molecule has 0 aromatic heterocycles. The number of carbonyl (C=O) groups excluding carboxylic acids is 3. The topological polar surface area (TPSA) is 84.9 Å². The molecule has 0 unspecified atom stereocenters. The molecule has 1 saturated heterocycles. The number of nitrogens with zero attached hydrogens (tertiary/aromatic N) is 1. The number of barbiturate groups is 1. The molecule has 0 saturated carbocycles. The zero-order chi connectivity index (χ0) is 18.7. The van der Waals surface area contributed by atoms with Gasteiger partial charge in [0.15, 0.2) is 0 Å². The monoisotopic (exact) mass is 352 g/mol. The van der Waals surface area contributed by atoms with E-state index in [1.807, 2.05) is 0 Å². The lowest BCUT2D eigenvalue weighted by molar-refractivity contribution is -0.122. The zero-order valence-electron chi connectivity index (χ0n) is 14.2. The van der Waals surface area contributed by atoms with Gasteiger partial charge < -0.3 is 9.47 Å². The molecule has 0 spiro atoms. The predicted octanol–water partition coefficient (Wildman–Crippen LogP) is 2.37. The van der Waals surface area contributed by atoms with Crippen molar-refractivity contribution >= 4 is 29.6 Å². The molecule has 0 aliphatic carbocycles. The number of anilines is 1. The van der Waals surface area contributed by atoms with Crippen LogP contribution in [-0.4, -0.2) is 32.1 Å². The van der Waals surface area contributed by atoms with E-state index in [4.69, 9.17) is 9.47 Å². The number of urea groups is 1. The molecule has 1 aliphatic heterocycles. The van der Waals surface area contributed by atoms with Crippen LogP contribution >= 0.6 is 0 Å². The standard InChI is InChI=1S/C19H16N2O5/c1-25-14-8-5-7-13(11-14)21-18(23)15(17(22)20-19(21)24)10-12-6-3-4-9-16(12)26-2/h3-11H,1-2H3,(H,20,22,24)/b15-10+. The summed E-state index contributed by atoms with van der Waals surface area (Å²) in [5, 5.41) is 2.18. The number of methoxy groups -OCH3 is 2. The van der Waals surface area contributed by atoms with E-state index >= 15 is 0 Å². The second-order valence-electron chi connectivity index (χ2n) is 5.40. The van der Waals surface area contributed by atoms with E-state index in [0.717, 1.165) is 4.90 Å². The second kappa shape index (κ2) is 7.10. The van der Waals surface area contributed by atoms with E-state index in [9.17, 15) is 14.4 Å². The van der Waals surface area contributed by atoms with Crippen molar-refractivity contribution in [2.75, 3.05) is 19.1 Å².